The molecule has 0 amide bonds. The van der Waals surface area contributed by atoms with Gasteiger partial charge in [-0.15, -0.1) is 0 Å². The summed E-state index contributed by atoms with van der Waals surface area (Å²) in [5, 5.41) is 8.72. The number of hydrogen-bond acceptors (Lipinski definition) is 8. The second kappa shape index (κ2) is 8.65. The third-order valence-electron chi connectivity index (χ3n) is 5.30. The first-order chi connectivity index (χ1) is 15.0. The third kappa shape index (κ3) is 4.17. The van der Waals surface area contributed by atoms with Gasteiger partial charge in [-0.3, -0.25) is 10.4 Å². The first-order valence-corrected chi connectivity index (χ1v) is 10.3. The molecule has 1 aliphatic heterocycles. The molecule has 9 heteroatoms. The molecule has 3 aromatic rings. The average molecular weight is 418 g/mol. The molecule has 0 fully saturated rings. The van der Waals surface area contributed by atoms with Crippen molar-refractivity contribution >= 4 is 29.0 Å². The molecule has 0 spiro atoms. The Morgan fingerprint density at radius 2 is 2.00 bits per heavy atom. The molecule has 4 heterocycles. The van der Waals surface area contributed by atoms with Gasteiger partial charge in [0.25, 0.3) is 0 Å². The molecule has 0 aromatic carbocycles. The molecule has 160 valence electrons. The van der Waals surface area contributed by atoms with Crippen LogP contribution in [-0.2, 0) is 12.8 Å². The van der Waals surface area contributed by atoms with E-state index in [9.17, 15) is 0 Å². The average Bonchev–Trinajstić information content (AvgIpc) is 2.77. The van der Waals surface area contributed by atoms with Crippen LogP contribution in [0.5, 0.6) is 0 Å². The predicted molar refractivity (Wildman–Crippen MR) is 123 cm³/mol. The lowest BCUT2D eigenvalue weighted by Gasteiger charge is -2.30. The summed E-state index contributed by atoms with van der Waals surface area (Å²) in [6.45, 7) is 2.68. The molecule has 0 unspecified atom stereocenters. The van der Waals surface area contributed by atoms with E-state index in [2.05, 4.69) is 19.9 Å². The highest BCUT2D eigenvalue weighted by molar-refractivity contribution is 6.09. The van der Waals surface area contributed by atoms with Crippen LogP contribution in [0.25, 0.3) is 0 Å². The van der Waals surface area contributed by atoms with E-state index in [-0.39, 0.29) is 17.7 Å². The first kappa shape index (κ1) is 20.7. The van der Waals surface area contributed by atoms with Gasteiger partial charge in [-0.25, -0.2) is 15.0 Å². The van der Waals surface area contributed by atoms with Crippen molar-refractivity contribution in [3.05, 3.63) is 59.8 Å². The van der Waals surface area contributed by atoms with Crippen LogP contribution in [0.15, 0.2) is 42.9 Å². The monoisotopic (exact) mass is 417 g/mol. The highest BCUT2D eigenvalue weighted by atomic mass is 15.2. The third-order valence-corrected chi connectivity index (χ3v) is 5.30. The van der Waals surface area contributed by atoms with Crippen LogP contribution in [-0.4, -0.2) is 45.4 Å². The van der Waals surface area contributed by atoms with Gasteiger partial charge in [0.15, 0.2) is 17.5 Å². The van der Waals surface area contributed by atoms with E-state index < -0.39 is 0 Å². The van der Waals surface area contributed by atoms with E-state index in [1.165, 1.54) is 0 Å². The highest BCUT2D eigenvalue weighted by Crippen LogP contribution is 2.28. The quantitative estimate of drug-likeness (QED) is 0.425. The Morgan fingerprint density at radius 3 is 2.77 bits per heavy atom. The van der Waals surface area contributed by atoms with Crippen molar-refractivity contribution in [1.29, 1.82) is 5.41 Å². The minimum absolute atomic E-state index is 0.0114. The number of nitrogen functional groups attached to an aromatic ring is 1. The fourth-order valence-electron chi connectivity index (χ4n) is 3.84. The molecule has 9 nitrogen and oxygen atoms in total. The van der Waals surface area contributed by atoms with Crippen molar-refractivity contribution in [2.24, 2.45) is 5.73 Å². The van der Waals surface area contributed by atoms with Gasteiger partial charge in [-0.1, -0.05) is 6.07 Å². The summed E-state index contributed by atoms with van der Waals surface area (Å²) in [6.07, 6.45) is 7.66. The number of pyridine rings is 2. The summed E-state index contributed by atoms with van der Waals surface area (Å²) in [7, 11) is 1.87. The van der Waals surface area contributed by atoms with E-state index in [1.807, 2.05) is 48.0 Å². The second-order valence-electron chi connectivity index (χ2n) is 7.76. The van der Waals surface area contributed by atoms with Gasteiger partial charge in [-0.05, 0) is 49.9 Å². The SMILES string of the molecule is C[C@H](N)Cc1cccnc1N(C)c1cnc(C(=N)N2CCCc3ncccc32)c(N)n1. The lowest BCUT2D eigenvalue weighted by Crippen LogP contribution is -2.37. The Kier molecular flexibility index (Phi) is 5.77. The zero-order chi connectivity index (χ0) is 22.0. The van der Waals surface area contributed by atoms with Gasteiger partial charge in [0.2, 0.25) is 0 Å². The molecular formula is C22H27N9. The zero-order valence-corrected chi connectivity index (χ0v) is 17.8. The number of fused-ring (bicyclic) bond motifs is 1. The number of aromatic nitrogens is 4. The van der Waals surface area contributed by atoms with Crippen LogP contribution in [0.4, 0.5) is 23.1 Å². The number of nitrogens with two attached hydrogens (primary N) is 2. The number of hydrogen-bond donors (Lipinski definition) is 3. The summed E-state index contributed by atoms with van der Waals surface area (Å²) in [5.74, 6) is 1.74. The fourth-order valence-corrected chi connectivity index (χ4v) is 3.84. The highest BCUT2D eigenvalue weighted by Gasteiger charge is 2.25. The minimum Gasteiger partial charge on any atom is -0.382 e. The van der Waals surface area contributed by atoms with Crippen molar-refractivity contribution in [2.75, 3.05) is 29.1 Å². The normalized spacial score (nSPS) is 14.1. The van der Waals surface area contributed by atoms with Gasteiger partial charge in [-0.2, -0.15) is 0 Å². The Bertz CT molecular complexity index is 1100. The number of amidine groups is 1. The maximum atomic E-state index is 8.72. The van der Waals surface area contributed by atoms with Gasteiger partial charge >= 0.3 is 0 Å². The number of nitrogens with one attached hydrogen (secondary N) is 1. The largest absolute Gasteiger partial charge is 0.382 e. The molecule has 0 aliphatic carbocycles. The smallest absolute Gasteiger partial charge is 0.155 e. The first-order valence-electron chi connectivity index (χ1n) is 10.3. The van der Waals surface area contributed by atoms with E-state index in [4.69, 9.17) is 16.9 Å². The molecule has 0 saturated heterocycles. The summed E-state index contributed by atoms with van der Waals surface area (Å²) in [4.78, 5) is 21.7. The van der Waals surface area contributed by atoms with E-state index >= 15 is 0 Å². The molecular weight excluding hydrogens is 390 g/mol. The van der Waals surface area contributed by atoms with Crippen molar-refractivity contribution in [1.82, 2.24) is 19.9 Å². The van der Waals surface area contributed by atoms with Crippen molar-refractivity contribution in [3.63, 3.8) is 0 Å². The minimum atomic E-state index is 0.0114. The van der Waals surface area contributed by atoms with Crippen LogP contribution >= 0.6 is 0 Å². The van der Waals surface area contributed by atoms with E-state index in [0.717, 1.165) is 42.1 Å². The summed E-state index contributed by atoms with van der Waals surface area (Å²) in [5.41, 5.74) is 15.5. The van der Waals surface area contributed by atoms with E-state index in [0.29, 0.717) is 17.9 Å². The van der Waals surface area contributed by atoms with Gasteiger partial charge < -0.3 is 21.3 Å². The van der Waals surface area contributed by atoms with Crippen LogP contribution < -0.4 is 21.3 Å². The lowest BCUT2D eigenvalue weighted by atomic mass is 10.1. The molecule has 4 rings (SSSR count). The summed E-state index contributed by atoms with van der Waals surface area (Å²) >= 11 is 0. The molecule has 3 aromatic heterocycles. The maximum absolute atomic E-state index is 8.72. The van der Waals surface area contributed by atoms with Crippen molar-refractivity contribution < 1.29 is 0 Å². The topological polar surface area (TPSA) is 134 Å². The second-order valence-corrected chi connectivity index (χ2v) is 7.76. The molecule has 0 bridgehead atoms. The number of rotatable bonds is 5. The maximum Gasteiger partial charge on any atom is 0.155 e. The molecule has 0 saturated carbocycles. The van der Waals surface area contributed by atoms with Crippen LogP contribution in [0.2, 0.25) is 0 Å². The van der Waals surface area contributed by atoms with Gasteiger partial charge in [0.1, 0.15) is 11.5 Å². The standard InChI is InChI=1S/C22H27N9/c1-14(23)12-15-6-3-10-27-22(15)30(2)18-13-28-19(20(24)29-18)21(25)31-11-5-7-16-17(31)8-4-9-26-16/h3-4,6,8-10,13-14,25H,5,7,11-12,23H2,1-2H3,(H2,24,29)/t14-/m0/s1. The fraction of sp³-hybridized carbons (Fsp3) is 0.318. The summed E-state index contributed by atoms with van der Waals surface area (Å²) < 4.78 is 0. The summed E-state index contributed by atoms with van der Waals surface area (Å²) in [6, 6.07) is 7.76. The molecule has 31 heavy (non-hydrogen) atoms. The van der Waals surface area contributed by atoms with Crippen molar-refractivity contribution in [3.8, 4) is 0 Å². The lowest BCUT2D eigenvalue weighted by molar-refractivity contribution is 0.734. The molecule has 1 aliphatic rings. The Balaban J connectivity index is 1.62. The van der Waals surface area contributed by atoms with Crippen LogP contribution in [0.3, 0.4) is 0 Å². The zero-order valence-electron chi connectivity index (χ0n) is 17.8. The Morgan fingerprint density at radius 1 is 1.23 bits per heavy atom. The number of aryl methyl sites for hydroxylation is 1. The molecule has 5 N–H and O–H groups in total. The Hall–Kier alpha value is -3.59. The van der Waals surface area contributed by atoms with Crippen LogP contribution in [0.1, 0.15) is 30.3 Å². The van der Waals surface area contributed by atoms with Crippen molar-refractivity contribution in [2.45, 2.75) is 32.2 Å². The predicted octanol–water partition coefficient (Wildman–Crippen LogP) is 2.28. The Labute approximate surface area is 181 Å². The molecule has 0 radical (unpaired) electrons. The molecule has 1 atom stereocenters. The van der Waals surface area contributed by atoms with Crippen LogP contribution in [0, 0.1) is 5.41 Å². The number of nitrogens with zero attached hydrogens (tertiary/aromatic N) is 6. The van der Waals surface area contributed by atoms with E-state index in [1.54, 1.807) is 18.6 Å². The number of anilines is 4. The van der Waals surface area contributed by atoms with Gasteiger partial charge in [0.05, 0.1) is 17.6 Å². The van der Waals surface area contributed by atoms with Gasteiger partial charge in [0, 0.05) is 32.0 Å².